The first-order valence-electron chi connectivity index (χ1n) is 7.59. The Morgan fingerprint density at radius 3 is 2.50 bits per heavy atom. The van der Waals surface area contributed by atoms with Crippen LogP contribution >= 0.6 is 0 Å². The second-order valence-corrected chi connectivity index (χ2v) is 5.55. The summed E-state index contributed by atoms with van der Waals surface area (Å²) in [7, 11) is 0. The quantitative estimate of drug-likeness (QED) is 0.660. The Balaban J connectivity index is 1.71. The molecular formula is C18H11FN2O5. The summed E-state index contributed by atoms with van der Waals surface area (Å²) in [5.41, 5.74) is 0.438. The third-order valence-electron chi connectivity index (χ3n) is 3.90. The van der Waals surface area contributed by atoms with E-state index < -0.39 is 23.7 Å². The number of benzene rings is 2. The molecule has 1 N–H and O–H groups in total. The molecule has 0 radical (unpaired) electrons. The molecule has 0 unspecified atom stereocenters. The van der Waals surface area contributed by atoms with Gasteiger partial charge in [-0.2, -0.15) is 0 Å². The first kappa shape index (κ1) is 15.8. The average Bonchev–Trinajstić information content (AvgIpc) is 3.08. The lowest BCUT2D eigenvalue weighted by atomic mass is 10.1. The molecule has 4 amide bonds. The van der Waals surface area contributed by atoms with Gasteiger partial charge in [-0.3, -0.25) is 14.9 Å². The van der Waals surface area contributed by atoms with Gasteiger partial charge in [-0.25, -0.2) is 14.1 Å². The molecule has 0 atom stereocenters. The third kappa shape index (κ3) is 2.67. The summed E-state index contributed by atoms with van der Waals surface area (Å²) in [5.74, 6) is -1.16. The van der Waals surface area contributed by atoms with Gasteiger partial charge in [0.2, 0.25) is 6.79 Å². The van der Waals surface area contributed by atoms with Crippen molar-refractivity contribution in [3.8, 4) is 11.5 Å². The van der Waals surface area contributed by atoms with E-state index in [1.165, 1.54) is 42.5 Å². The molecule has 7 nitrogen and oxygen atoms in total. The van der Waals surface area contributed by atoms with E-state index in [1.807, 2.05) is 0 Å². The highest BCUT2D eigenvalue weighted by Crippen LogP contribution is 2.36. The lowest BCUT2D eigenvalue weighted by molar-refractivity contribution is -0.122. The van der Waals surface area contributed by atoms with Gasteiger partial charge in [0.15, 0.2) is 11.5 Å². The zero-order valence-electron chi connectivity index (χ0n) is 13.2. The molecule has 2 heterocycles. The van der Waals surface area contributed by atoms with E-state index in [1.54, 1.807) is 6.07 Å². The van der Waals surface area contributed by atoms with Crippen molar-refractivity contribution < 1.29 is 28.2 Å². The molecule has 1 fully saturated rings. The van der Waals surface area contributed by atoms with Crippen molar-refractivity contribution in [2.24, 2.45) is 0 Å². The van der Waals surface area contributed by atoms with Gasteiger partial charge < -0.3 is 9.47 Å². The van der Waals surface area contributed by atoms with Crippen molar-refractivity contribution in [1.82, 2.24) is 5.32 Å². The maximum atomic E-state index is 13.0. The molecule has 130 valence electrons. The smallest absolute Gasteiger partial charge is 0.335 e. The second-order valence-electron chi connectivity index (χ2n) is 5.55. The van der Waals surface area contributed by atoms with Gasteiger partial charge in [0, 0.05) is 6.07 Å². The number of fused-ring (bicyclic) bond motifs is 1. The molecule has 1 saturated heterocycles. The summed E-state index contributed by atoms with van der Waals surface area (Å²) in [6.45, 7) is 0.0487. The van der Waals surface area contributed by atoms with Gasteiger partial charge in [0.25, 0.3) is 11.8 Å². The minimum Gasteiger partial charge on any atom is -0.454 e. The van der Waals surface area contributed by atoms with E-state index in [9.17, 15) is 18.8 Å². The Kier molecular flexibility index (Phi) is 3.65. The first-order chi connectivity index (χ1) is 12.5. The number of halogens is 1. The minimum absolute atomic E-state index is 0.0487. The van der Waals surface area contributed by atoms with Gasteiger partial charge in [0.1, 0.15) is 11.4 Å². The summed E-state index contributed by atoms with van der Waals surface area (Å²) in [6.07, 6.45) is 1.30. The number of urea groups is 1. The van der Waals surface area contributed by atoms with Gasteiger partial charge in [-0.1, -0.05) is 12.1 Å². The predicted octanol–water partition coefficient (Wildman–Crippen LogP) is 2.22. The van der Waals surface area contributed by atoms with Gasteiger partial charge >= 0.3 is 6.03 Å². The average molecular weight is 354 g/mol. The van der Waals surface area contributed by atoms with Crippen molar-refractivity contribution in [3.05, 3.63) is 59.4 Å². The van der Waals surface area contributed by atoms with Crippen LogP contribution in [-0.4, -0.2) is 24.6 Å². The zero-order chi connectivity index (χ0) is 18.3. The van der Waals surface area contributed by atoms with Crippen LogP contribution < -0.4 is 19.7 Å². The lowest BCUT2D eigenvalue weighted by Crippen LogP contribution is -2.54. The Labute approximate surface area is 146 Å². The Hall–Kier alpha value is -3.68. The maximum absolute atomic E-state index is 13.0. The molecule has 26 heavy (non-hydrogen) atoms. The van der Waals surface area contributed by atoms with E-state index in [-0.39, 0.29) is 18.1 Å². The molecule has 0 aromatic heterocycles. The molecular weight excluding hydrogens is 343 g/mol. The van der Waals surface area contributed by atoms with E-state index in [2.05, 4.69) is 5.32 Å². The zero-order valence-corrected chi connectivity index (χ0v) is 13.2. The number of imide groups is 2. The van der Waals surface area contributed by atoms with Crippen molar-refractivity contribution in [1.29, 1.82) is 0 Å². The molecule has 2 aliphatic rings. The highest BCUT2D eigenvalue weighted by atomic mass is 19.1. The van der Waals surface area contributed by atoms with Crippen LogP contribution in [0.25, 0.3) is 6.08 Å². The maximum Gasteiger partial charge on any atom is 0.335 e. The summed E-state index contributed by atoms with van der Waals surface area (Å²) in [6, 6.07) is 8.94. The van der Waals surface area contributed by atoms with Gasteiger partial charge in [-0.05, 0) is 35.9 Å². The van der Waals surface area contributed by atoms with Crippen LogP contribution in [0.2, 0.25) is 0 Å². The summed E-state index contributed by atoms with van der Waals surface area (Å²) in [4.78, 5) is 37.8. The molecule has 4 rings (SSSR count). The van der Waals surface area contributed by atoms with Crippen molar-refractivity contribution >= 4 is 29.6 Å². The number of barbiturate groups is 1. The normalized spacial score (nSPS) is 17.7. The predicted molar refractivity (Wildman–Crippen MR) is 88.0 cm³/mol. The molecule has 0 spiro atoms. The topological polar surface area (TPSA) is 84.9 Å². The van der Waals surface area contributed by atoms with Crippen LogP contribution in [-0.2, 0) is 9.59 Å². The molecule has 8 heteroatoms. The highest BCUT2D eigenvalue weighted by molar-refractivity contribution is 6.39. The van der Waals surface area contributed by atoms with E-state index in [0.717, 1.165) is 4.90 Å². The van der Waals surface area contributed by atoms with Crippen molar-refractivity contribution in [2.75, 3.05) is 11.7 Å². The SMILES string of the molecule is O=C1NC(=O)N(c2ccc3c(c2)OCO3)C(=O)C1=Cc1ccc(F)cc1. The minimum atomic E-state index is -0.866. The highest BCUT2D eigenvalue weighted by Gasteiger charge is 2.37. The van der Waals surface area contributed by atoms with Crippen LogP contribution in [0.5, 0.6) is 11.5 Å². The third-order valence-corrected chi connectivity index (χ3v) is 3.90. The largest absolute Gasteiger partial charge is 0.454 e. The number of rotatable bonds is 2. The standard InChI is InChI=1S/C18H11FN2O5/c19-11-3-1-10(2-4-11)7-13-16(22)20-18(24)21(17(13)23)12-5-6-14-15(8-12)26-9-25-14/h1-8H,9H2,(H,20,22,24). The molecule has 0 saturated carbocycles. The number of carbonyl (C=O) groups is 3. The summed E-state index contributed by atoms with van der Waals surface area (Å²) < 4.78 is 23.5. The molecule has 2 aromatic rings. The van der Waals surface area contributed by atoms with Crippen LogP contribution in [0.15, 0.2) is 48.0 Å². The number of carbonyl (C=O) groups excluding carboxylic acids is 3. The fraction of sp³-hybridized carbons (Fsp3) is 0.0556. The van der Waals surface area contributed by atoms with E-state index in [0.29, 0.717) is 17.1 Å². The number of ether oxygens (including phenoxy) is 2. The first-order valence-corrected chi connectivity index (χ1v) is 7.59. The number of anilines is 1. The second kappa shape index (κ2) is 5.99. The fourth-order valence-corrected chi connectivity index (χ4v) is 2.64. The number of amides is 4. The number of nitrogens with zero attached hydrogens (tertiary/aromatic N) is 1. The Bertz CT molecular complexity index is 968. The number of nitrogens with one attached hydrogen (secondary N) is 1. The summed E-state index contributed by atoms with van der Waals surface area (Å²) in [5, 5.41) is 2.12. The molecule has 0 bridgehead atoms. The van der Waals surface area contributed by atoms with Gasteiger partial charge in [0.05, 0.1) is 5.69 Å². The van der Waals surface area contributed by atoms with Crippen LogP contribution in [0.1, 0.15) is 5.56 Å². The summed E-state index contributed by atoms with van der Waals surface area (Å²) >= 11 is 0. The Morgan fingerprint density at radius 2 is 1.73 bits per heavy atom. The van der Waals surface area contributed by atoms with Crippen LogP contribution in [0, 0.1) is 5.82 Å². The number of hydrogen-bond donors (Lipinski definition) is 1. The van der Waals surface area contributed by atoms with Crippen LogP contribution in [0.3, 0.4) is 0 Å². The number of hydrogen-bond acceptors (Lipinski definition) is 5. The van der Waals surface area contributed by atoms with E-state index >= 15 is 0 Å². The van der Waals surface area contributed by atoms with Crippen LogP contribution in [0.4, 0.5) is 14.9 Å². The van der Waals surface area contributed by atoms with Crippen molar-refractivity contribution in [3.63, 3.8) is 0 Å². The molecule has 2 aromatic carbocycles. The van der Waals surface area contributed by atoms with Crippen molar-refractivity contribution in [2.45, 2.75) is 0 Å². The molecule has 2 aliphatic heterocycles. The van der Waals surface area contributed by atoms with E-state index in [4.69, 9.17) is 9.47 Å². The van der Waals surface area contributed by atoms with Gasteiger partial charge in [-0.15, -0.1) is 0 Å². The monoisotopic (exact) mass is 354 g/mol. The molecule has 0 aliphatic carbocycles. The fourth-order valence-electron chi connectivity index (χ4n) is 2.64. The Morgan fingerprint density at radius 1 is 1.00 bits per heavy atom. The lowest BCUT2D eigenvalue weighted by Gasteiger charge is -2.26.